The molecule has 1 aliphatic heterocycles. The number of amides is 2. The van der Waals surface area contributed by atoms with Gasteiger partial charge in [-0.1, -0.05) is 24.3 Å². The molecule has 0 radical (unpaired) electrons. The highest BCUT2D eigenvalue weighted by Crippen LogP contribution is 2.29. The van der Waals surface area contributed by atoms with Crippen LogP contribution in [0.3, 0.4) is 0 Å². The standard InChI is InChI=1S/C14H18N2O3/c1-10-5-3-4-6-11(10)12-9-16(8-7-13(17)18)14(19)15(12)2/h3-6,12H,7-9H2,1-2H3,(H,17,18). The predicted molar refractivity (Wildman–Crippen MR) is 70.9 cm³/mol. The molecule has 1 aromatic carbocycles. The molecule has 0 aliphatic carbocycles. The molecule has 2 rings (SSSR count). The van der Waals surface area contributed by atoms with Gasteiger partial charge in [-0.05, 0) is 18.1 Å². The minimum absolute atomic E-state index is 0.00231. The van der Waals surface area contributed by atoms with Crippen molar-refractivity contribution in [1.82, 2.24) is 9.80 Å². The number of rotatable bonds is 4. The second-order valence-corrected chi connectivity index (χ2v) is 4.86. The fraction of sp³-hybridized carbons (Fsp3) is 0.429. The van der Waals surface area contributed by atoms with Crippen LogP contribution in [-0.2, 0) is 4.79 Å². The first-order valence-corrected chi connectivity index (χ1v) is 6.29. The van der Waals surface area contributed by atoms with E-state index in [1.54, 1.807) is 16.8 Å². The van der Waals surface area contributed by atoms with Gasteiger partial charge in [-0.15, -0.1) is 0 Å². The van der Waals surface area contributed by atoms with E-state index in [0.717, 1.165) is 11.1 Å². The van der Waals surface area contributed by atoms with Crippen molar-refractivity contribution in [1.29, 1.82) is 0 Å². The van der Waals surface area contributed by atoms with Gasteiger partial charge in [0.1, 0.15) is 0 Å². The van der Waals surface area contributed by atoms with Crippen LogP contribution in [-0.4, -0.2) is 47.0 Å². The van der Waals surface area contributed by atoms with Crippen LogP contribution >= 0.6 is 0 Å². The van der Waals surface area contributed by atoms with Gasteiger partial charge in [0.25, 0.3) is 0 Å². The lowest BCUT2D eigenvalue weighted by atomic mass is 10.0. The maximum Gasteiger partial charge on any atom is 0.320 e. The van der Waals surface area contributed by atoms with E-state index in [4.69, 9.17) is 5.11 Å². The topological polar surface area (TPSA) is 60.9 Å². The molecule has 1 aromatic rings. The zero-order valence-electron chi connectivity index (χ0n) is 11.2. The summed E-state index contributed by atoms with van der Waals surface area (Å²) in [6, 6.07) is 7.87. The van der Waals surface area contributed by atoms with Gasteiger partial charge in [0.15, 0.2) is 0 Å². The number of urea groups is 1. The molecule has 102 valence electrons. The molecule has 1 N–H and O–H groups in total. The molecule has 2 amide bonds. The number of carboxylic acids is 1. The van der Waals surface area contributed by atoms with Crippen LogP contribution in [0.4, 0.5) is 4.79 Å². The number of nitrogens with zero attached hydrogens (tertiary/aromatic N) is 2. The normalized spacial score (nSPS) is 19.1. The highest BCUT2D eigenvalue weighted by Gasteiger charge is 2.35. The number of aryl methyl sites for hydroxylation is 1. The number of aliphatic carboxylic acids is 1. The molecule has 0 saturated carbocycles. The van der Waals surface area contributed by atoms with E-state index in [0.29, 0.717) is 6.54 Å². The quantitative estimate of drug-likeness (QED) is 0.901. The lowest BCUT2D eigenvalue weighted by Crippen LogP contribution is -2.31. The number of hydrogen-bond acceptors (Lipinski definition) is 2. The lowest BCUT2D eigenvalue weighted by molar-refractivity contribution is -0.137. The molecule has 1 fully saturated rings. The van der Waals surface area contributed by atoms with E-state index >= 15 is 0 Å². The van der Waals surface area contributed by atoms with Gasteiger partial charge in [0, 0.05) is 20.1 Å². The largest absolute Gasteiger partial charge is 0.481 e. The molecule has 1 atom stereocenters. The Bertz CT molecular complexity index is 501. The first-order chi connectivity index (χ1) is 9.00. The summed E-state index contributed by atoms with van der Waals surface area (Å²) in [5, 5.41) is 8.70. The maximum absolute atomic E-state index is 12.1. The Morgan fingerprint density at radius 1 is 1.42 bits per heavy atom. The summed E-state index contributed by atoms with van der Waals surface area (Å²) in [5.74, 6) is -0.880. The summed E-state index contributed by atoms with van der Waals surface area (Å²) >= 11 is 0. The average molecular weight is 262 g/mol. The van der Waals surface area contributed by atoms with Gasteiger partial charge in [-0.25, -0.2) is 4.79 Å². The molecule has 1 saturated heterocycles. The van der Waals surface area contributed by atoms with Gasteiger partial charge < -0.3 is 14.9 Å². The fourth-order valence-corrected chi connectivity index (χ4v) is 2.45. The second-order valence-electron chi connectivity index (χ2n) is 4.86. The summed E-state index contributed by atoms with van der Waals surface area (Å²) in [6.45, 7) is 2.84. The van der Waals surface area contributed by atoms with Gasteiger partial charge >= 0.3 is 12.0 Å². The molecule has 1 heterocycles. The number of likely N-dealkylation sites (N-methyl/N-ethyl adjacent to an activating group) is 1. The number of benzene rings is 1. The Labute approximate surface area is 112 Å². The molecule has 0 spiro atoms. The summed E-state index contributed by atoms with van der Waals surface area (Å²) < 4.78 is 0. The molecule has 5 heteroatoms. The zero-order chi connectivity index (χ0) is 14.0. The van der Waals surface area contributed by atoms with Crippen LogP contribution in [0.5, 0.6) is 0 Å². The molecular weight excluding hydrogens is 244 g/mol. The van der Waals surface area contributed by atoms with Crippen molar-refractivity contribution in [3.8, 4) is 0 Å². The van der Waals surface area contributed by atoms with Crippen LogP contribution in [0.2, 0.25) is 0 Å². The third kappa shape index (κ3) is 2.70. The minimum atomic E-state index is -0.880. The average Bonchev–Trinajstić information content (AvgIpc) is 2.65. The summed E-state index contributed by atoms with van der Waals surface area (Å²) in [4.78, 5) is 26.0. The number of hydrogen-bond donors (Lipinski definition) is 1. The Morgan fingerprint density at radius 2 is 2.11 bits per heavy atom. The van der Waals surface area contributed by atoms with Crippen LogP contribution in [0.1, 0.15) is 23.6 Å². The molecule has 5 nitrogen and oxygen atoms in total. The molecule has 19 heavy (non-hydrogen) atoms. The van der Waals surface area contributed by atoms with Crippen molar-refractivity contribution in [2.45, 2.75) is 19.4 Å². The zero-order valence-corrected chi connectivity index (χ0v) is 11.2. The van der Waals surface area contributed by atoms with E-state index in [2.05, 4.69) is 0 Å². The van der Waals surface area contributed by atoms with Crippen molar-refractivity contribution in [2.75, 3.05) is 20.1 Å². The first-order valence-electron chi connectivity index (χ1n) is 6.29. The third-order valence-electron chi connectivity index (χ3n) is 3.58. The fourth-order valence-electron chi connectivity index (χ4n) is 2.45. The van der Waals surface area contributed by atoms with E-state index in [-0.39, 0.29) is 25.0 Å². The van der Waals surface area contributed by atoms with Gasteiger partial charge in [0.05, 0.1) is 12.5 Å². The van der Waals surface area contributed by atoms with Crippen molar-refractivity contribution in [3.63, 3.8) is 0 Å². The summed E-state index contributed by atoms with van der Waals surface area (Å²) in [7, 11) is 1.76. The third-order valence-corrected chi connectivity index (χ3v) is 3.58. The Morgan fingerprint density at radius 3 is 2.74 bits per heavy atom. The van der Waals surface area contributed by atoms with Gasteiger partial charge in [0.2, 0.25) is 0 Å². The predicted octanol–water partition coefficient (Wildman–Crippen LogP) is 1.88. The molecule has 1 aliphatic rings. The lowest BCUT2D eigenvalue weighted by Gasteiger charge is -2.19. The smallest absolute Gasteiger partial charge is 0.320 e. The van der Waals surface area contributed by atoms with Crippen LogP contribution in [0, 0.1) is 6.92 Å². The van der Waals surface area contributed by atoms with Crippen molar-refractivity contribution in [3.05, 3.63) is 35.4 Å². The molecule has 0 bridgehead atoms. The summed E-state index contributed by atoms with van der Waals surface area (Å²) in [5.41, 5.74) is 2.27. The molecule has 0 aromatic heterocycles. The monoisotopic (exact) mass is 262 g/mol. The maximum atomic E-state index is 12.1. The minimum Gasteiger partial charge on any atom is -0.481 e. The SMILES string of the molecule is Cc1ccccc1C1CN(CCC(=O)O)C(=O)N1C. The highest BCUT2D eigenvalue weighted by atomic mass is 16.4. The van der Waals surface area contributed by atoms with E-state index in [9.17, 15) is 9.59 Å². The van der Waals surface area contributed by atoms with E-state index in [1.807, 2.05) is 31.2 Å². The van der Waals surface area contributed by atoms with Gasteiger partial charge in [-0.2, -0.15) is 0 Å². The molecule has 1 unspecified atom stereocenters. The first kappa shape index (κ1) is 13.4. The Hall–Kier alpha value is -2.04. The number of carbonyl (C=O) groups excluding carboxylic acids is 1. The number of carboxylic acid groups (broad SMARTS) is 1. The summed E-state index contributed by atoms with van der Waals surface area (Å²) in [6.07, 6.45) is -0.0138. The Kier molecular flexibility index (Phi) is 3.74. The molecular formula is C14H18N2O3. The van der Waals surface area contributed by atoms with Crippen molar-refractivity contribution in [2.24, 2.45) is 0 Å². The second kappa shape index (κ2) is 5.30. The van der Waals surface area contributed by atoms with Crippen molar-refractivity contribution < 1.29 is 14.7 Å². The van der Waals surface area contributed by atoms with Crippen LogP contribution in [0.25, 0.3) is 0 Å². The van der Waals surface area contributed by atoms with Crippen molar-refractivity contribution >= 4 is 12.0 Å². The van der Waals surface area contributed by atoms with E-state index < -0.39 is 5.97 Å². The van der Waals surface area contributed by atoms with Crippen LogP contribution in [0.15, 0.2) is 24.3 Å². The van der Waals surface area contributed by atoms with Crippen LogP contribution < -0.4 is 0 Å². The van der Waals surface area contributed by atoms with Gasteiger partial charge in [-0.3, -0.25) is 4.79 Å². The Balaban J connectivity index is 2.14. The van der Waals surface area contributed by atoms with E-state index in [1.165, 1.54) is 0 Å². The highest BCUT2D eigenvalue weighted by molar-refractivity contribution is 5.78. The number of carbonyl (C=O) groups is 2.